The molecule has 25 heavy (non-hydrogen) atoms. The molecule has 0 saturated carbocycles. The van der Waals surface area contributed by atoms with Gasteiger partial charge in [0, 0.05) is 25.6 Å². The van der Waals surface area contributed by atoms with Crippen LogP contribution in [-0.4, -0.2) is 29.9 Å². The Morgan fingerprint density at radius 2 is 1.76 bits per heavy atom. The number of amides is 3. The van der Waals surface area contributed by atoms with Crippen molar-refractivity contribution in [3.8, 4) is 0 Å². The molecule has 0 bridgehead atoms. The van der Waals surface area contributed by atoms with Crippen molar-refractivity contribution >= 4 is 11.9 Å². The third-order valence-electron chi connectivity index (χ3n) is 4.46. The summed E-state index contributed by atoms with van der Waals surface area (Å²) in [4.78, 5) is 26.2. The molecule has 6 heteroatoms. The van der Waals surface area contributed by atoms with Crippen LogP contribution in [-0.2, 0) is 17.9 Å². The summed E-state index contributed by atoms with van der Waals surface area (Å²) in [5.41, 5.74) is 1.07. The molecule has 1 aromatic carbocycles. The highest BCUT2D eigenvalue weighted by molar-refractivity contribution is 5.79. The molecule has 0 atom stereocenters. The van der Waals surface area contributed by atoms with E-state index >= 15 is 0 Å². The predicted molar refractivity (Wildman–Crippen MR) is 93.5 cm³/mol. The van der Waals surface area contributed by atoms with Gasteiger partial charge in [-0.05, 0) is 30.5 Å². The summed E-state index contributed by atoms with van der Waals surface area (Å²) in [6.07, 6.45) is 2.96. The standard InChI is InChI=1S/C19H23N3O3/c23-18(20-14-17-7-4-12-25-17)16-8-10-22(11-9-16)19(24)21-13-15-5-2-1-3-6-15/h1-7,12,16H,8-11,13-14H2,(H,20,23)(H,21,24). The van der Waals surface area contributed by atoms with Gasteiger partial charge in [-0.2, -0.15) is 0 Å². The number of rotatable bonds is 5. The second-order valence-electron chi connectivity index (χ2n) is 6.20. The average Bonchev–Trinajstić information content (AvgIpc) is 3.19. The normalized spacial score (nSPS) is 15.0. The molecular weight excluding hydrogens is 318 g/mol. The minimum absolute atomic E-state index is 0.0285. The minimum atomic E-state index is -0.0710. The Bertz CT molecular complexity index is 677. The number of carbonyl (C=O) groups excluding carboxylic acids is 2. The highest BCUT2D eigenvalue weighted by atomic mass is 16.3. The molecule has 1 aliphatic heterocycles. The molecule has 0 spiro atoms. The first-order valence-electron chi connectivity index (χ1n) is 8.59. The molecule has 3 amide bonds. The summed E-state index contributed by atoms with van der Waals surface area (Å²) in [7, 11) is 0. The zero-order chi connectivity index (χ0) is 17.5. The van der Waals surface area contributed by atoms with Crippen molar-refractivity contribution in [2.75, 3.05) is 13.1 Å². The van der Waals surface area contributed by atoms with Crippen molar-refractivity contribution in [3.05, 3.63) is 60.1 Å². The second-order valence-corrected chi connectivity index (χ2v) is 6.20. The zero-order valence-corrected chi connectivity index (χ0v) is 14.1. The number of hydrogen-bond acceptors (Lipinski definition) is 3. The summed E-state index contributed by atoms with van der Waals surface area (Å²) in [5, 5.41) is 5.82. The van der Waals surface area contributed by atoms with Gasteiger partial charge in [-0.3, -0.25) is 4.79 Å². The summed E-state index contributed by atoms with van der Waals surface area (Å²) in [5.74, 6) is 0.722. The summed E-state index contributed by atoms with van der Waals surface area (Å²) < 4.78 is 5.21. The summed E-state index contributed by atoms with van der Waals surface area (Å²) in [6.45, 7) is 2.12. The Morgan fingerprint density at radius 3 is 2.44 bits per heavy atom. The smallest absolute Gasteiger partial charge is 0.317 e. The molecular formula is C19H23N3O3. The SMILES string of the molecule is O=C(NCc1ccco1)C1CCN(C(=O)NCc2ccccc2)CC1. The van der Waals surface area contributed by atoms with Crippen molar-refractivity contribution in [2.45, 2.75) is 25.9 Å². The fourth-order valence-corrected chi connectivity index (χ4v) is 2.96. The van der Waals surface area contributed by atoms with Crippen LogP contribution in [0.15, 0.2) is 53.1 Å². The second kappa shape index (κ2) is 8.37. The minimum Gasteiger partial charge on any atom is -0.467 e. The molecule has 2 aromatic rings. The number of nitrogens with one attached hydrogen (secondary N) is 2. The lowest BCUT2D eigenvalue weighted by Gasteiger charge is -2.31. The van der Waals surface area contributed by atoms with Gasteiger partial charge in [0.1, 0.15) is 5.76 Å². The number of carbonyl (C=O) groups is 2. The first-order chi connectivity index (χ1) is 12.2. The lowest BCUT2D eigenvalue weighted by Crippen LogP contribution is -2.46. The molecule has 2 heterocycles. The van der Waals surface area contributed by atoms with Crippen LogP contribution in [0.25, 0.3) is 0 Å². The Labute approximate surface area is 147 Å². The van der Waals surface area contributed by atoms with Gasteiger partial charge < -0.3 is 20.0 Å². The molecule has 0 aliphatic carbocycles. The van der Waals surface area contributed by atoms with Crippen molar-refractivity contribution in [2.24, 2.45) is 5.92 Å². The maximum Gasteiger partial charge on any atom is 0.317 e. The number of piperidine rings is 1. The highest BCUT2D eigenvalue weighted by Gasteiger charge is 2.27. The Hall–Kier alpha value is -2.76. The summed E-state index contributed by atoms with van der Waals surface area (Å²) in [6, 6.07) is 13.4. The van der Waals surface area contributed by atoms with Gasteiger partial charge in [0.15, 0.2) is 0 Å². The van der Waals surface area contributed by atoms with Crippen LogP contribution in [0.3, 0.4) is 0 Å². The zero-order valence-electron chi connectivity index (χ0n) is 14.1. The first-order valence-corrected chi connectivity index (χ1v) is 8.59. The monoisotopic (exact) mass is 341 g/mol. The van der Waals surface area contributed by atoms with Crippen LogP contribution in [0.5, 0.6) is 0 Å². The van der Waals surface area contributed by atoms with Gasteiger partial charge in [0.25, 0.3) is 0 Å². The quantitative estimate of drug-likeness (QED) is 0.877. The van der Waals surface area contributed by atoms with Crippen LogP contribution in [0, 0.1) is 5.92 Å². The van der Waals surface area contributed by atoms with E-state index in [0.29, 0.717) is 39.0 Å². The highest BCUT2D eigenvalue weighted by Crippen LogP contribution is 2.17. The predicted octanol–water partition coefficient (Wildman–Crippen LogP) is 2.52. The molecule has 0 radical (unpaired) electrons. The van der Waals surface area contributed by atoms with Gasteiger partial charge in [-0.15, -0.1) is 0 Å². The number of furan rings is 1. The first kappa shape index (κ1) is 17.1. The van der Waals surface area contributed by atoms with E-state index in [-0.39, 0.29) is 17.9 Å². The number of urea groups is 1. The molecule has 6 nitrogen and oxygen atoms in total. The summed E-state index contributed by atoms with van der Waals surface area (Å²) >= 11 is 0. The van der Waals surface area contributed by atoms with Crippen LogP contribution in [0.2, 0.25) is 0 Å². The van der Waals surface area contributed by atoms with Gasteiger partial charge in [0.05, 0.1) is 12.8 Å². The number of likely N-dealkylation sites (tertiary alicyclic amines) is 1. The third-order valence-corrected chi connectivity index (χ3v) is 4.46. The number of benzene rings is 1. The lowest BCUT2D eigenvalue weighted by atomic mass is 9.96. The van der Waals surface area contributed by atoms with Crippen molar-refractivity contribution in [1.82, 2.24) is 15.5 Å². The van der Waals surface area contributed by atoms with Crippen LogP contribution < -0.4 is 10.6 Å². The molecule has 1 fully saturated rings. The Morgan fingerprint density at radius 1 is 1.00 bits per heavy atom. The van der Waals surface area contributed by atoms with E-state index in [1.807, 2.05) is 36.4 Å². The van der Waals surface area contributed by atoms with Crippen LogP contribution in [0.1, 0.15) is 24.2 Å². The molecule has 132 valence electrons. The van der Waals surface area contributed by atoms with Crippen LogP contribution in [0.4, 0.5) is 4.79 Å². The fraction of sp³-hybridized carbons (Fsp3) is 0.368. The average molecular weight is 341 g/mol. The Kier molecular flexibility index (Phi) is 5.72. The fourth-order valence-electron chi connectivity index (χ4n) is 2.96. The van der Waals surface area contributed by atoms with E-state index in [1.165, 1.54) is 0 Å². The van der Waals surface area contributed by atoms with E-state index < -0.39 is 0 Å². The topological polar surface area (TPSA) is 74.6 Å². The molecule has 3 rings (SSSR count). The van der Waals surface area contributed by atoms with E-state index in [4.69, 9.17) is 4.42 Å². The van der Waals surface area contributed by atoms with Gasteiger partial charge >= 0.3 is 6.03 Å². The molecule has 0 unspecified atom stereocenters. The van der Waals surface area contributed by atoms with E-state index in [1.54, 1.807) is 17.2 Å². The van der Waals surface area contributed by atoms with E-state index in [9.17, 15) is 9.59 Å². The molecule has 1 aromatic heterocycles. The van der Waals surface area contributed by atoms with Gasteiger partial charge in [-0.1, -0.05) is 30.3 Å². The maximum atomic E-state index is 12.2. The van der Waals surface area contributed by atoms with Crippen LogP contribution >= 0.6 is 0 Å². The van der Waals surface area contributed by atoms with E-state index in [0.717, 1.165) is 11.3 Å². The van der Waals surface area contributed by atoms with Crippen molar-refractivity contribution < 1.29 is 14.0 Å². The van der Waals surface area contributed by atoms with E-state index in [2.05, 4.69) is 10.6 Å². The molecule has 1 saturated heterocycles. The third kappa shape index (κ3) is 4.86. The van der Waals surface area contributed by atoms with Gasteiger partial charge in [-0.25, -0.2) is 4.79 Å². The van der Waals surface area contributed by atoms with Crippen molar-refractivity contribution in [3.63, 3.8) is 0 Å². The van der Waals surface area contributed by atoms with Crippen molar-refractivity contribution in [1.29, 1.82) is 0 Å². The molecule has 2 N–H and O–H groups in total. The Balaban J connectivity index is 1.38. The molecule has 1 aliphatic rings. The lowest BCUT2D eigenvalue weighted by molar-refractivity contribution is -0.126. The largest absolute Gasteiger partial charge is 0.467 e. The number of hydrogen-bond donors (Lipinski definition) is 2. The van der Waals surface area contributed by atoms with Gasteiger partial charge in [0.2, 0.25) is 5.91 Å². The maximum absolute atomic E-state index is 12.2. The number of nitrogens with zero attached hydrogens (tertiary/aromatic N) is 1.